The Balaban J connectivity index is 1.85. The van der Waals surface area contributed by atoms with E-state index in [1.54, 1.807) is 13.3 Å². The van der Waals surface area contributed by atoms with Gasteiger partial charge in [-0.25, -0.2) is 4.79 Å². The van der Waals surface area contributed by atoms with Crippen molar-refractivity contribution in [1.29, 1.82) is 0 Å². The van der Waals surface area contributed by atoms with E-state index in [9.17, 15) is 4.79 Å². The van der Waals surface area contributed by atoms with Gasteiger partial charge >= 0.3 is 6.09 Å². The average molecular weight is 287 g/mol. The van der Waals surface area contributed by atoms with Crippen LogP contribution in [-0.4, -0.2) is 47.3 Å². The number of nitrogens with one attached hydrogen (secondary N) is 1. The summed E-state index contributed by atoms with van der Waals surface area (Å²) in [6, 6.07) is 7.92. The van der Waals surface area contributed by atoms with Crippen molar-refractivity contribution in [3.05, 3.63) is 30.5 Å². The van der Waals surface area contributed by atoms with Crippen molar-refractivity contribution in [2.45, 2.75) is 12.5 Å². The van der Waals surface area contributed by atoms with Crippen molar-refractivity contribution in [1.82, 2.24) is 9.88 Å². The van der Waals surface area contributed by atoms with Gasteiger partial charge < -0.3 is 20.1 Å². The number of ether oxygens (including phenoxy) is 1. The number of anilines is 1. The van der Waals surface area contributed by atoms with Crippen LogP contribution in [0.25, 0.3) is 10.9 Å². The van der Waals surface area contributed by atoms with Gasteiger partial charge in [0.05, 0.1) is 18.8 Å². The van der Waals surface area contributed by atoms with Gasteiger partial charge in [0.1, 0.15) is 5.75 Å². The molecule has 6 heteroatoms. The number of methoxy groups -OCH3 is 1. The summed E-state index contributed by atoms with van der Waals surface area (Å²) in [6.07, 6.45) is 1.63. The highest BCUT2D eigenvalue weighted by atomic mass is 16.5. The number of rotatable bonds is 3. The summed E-state index contributed by atoms with van der Waals surface area (Å²) in [6.45, 7) is 1.07. The molecule has 1 aliphatic heterocycles. The first kappa shape index (κ1) is 13.5. The largest absolute Gasteiger partial charge is 0.495 e. The zero-order valence-electron chi connectivity index (χ0n) is 11.7. The Hall–Kier alpha value is -2.50. The summed E-state index contributed by atoms with van der Waals surface area (Å²) < 4.78 is 5.22. The molecule has 2 N–H and O–H groups in total. The summed E-state index contributed by atoms with van der Waals surface area (Å²) in [7, 11) is 1.61. The van der Waals surface area contributed by atoms with Gasteiger partial charge in [-0.3, -0.25) is 4.98 Å². The second-order valence-electron chi connectivity index (χ2n) is 5.11. The van der Waals surface area contributed by atoms with E-state index in [0.717, 1.165) is 23.0 Å². The molecule has 1 fully saturated rings. The predicted molar refractivity (Wildman–Crippen MR) is 79.9 cm³/mol. The number of carbonyl (C=O) groups is 1. The second-order valence-corrected chi connectivity index (χ2v) is 5.11. The number of hydrogen-bond donors (Lipinski definition) is 2. The fourth-order valence-electron chi connectivity index (χ4n) is 2.64. The minimum absolute atomic E-state index is 0.123. The van der Waals surface area contributed by atoms with Crippen LogP contribution in [0.4, 0.5) is 10.5 Å². The number of benzene rings is 1. The smallest absolute Gasteiger partial charge is 0.407 e. The van der Waals surface area contributed by atoms with Gasteiger partial charge in [-0.2, -0.15) is 0 Å². The molecule has 1 aliphatic rings. The second kappa shape index (κ2) is 5.47. The average Bonchev–Trinajstić information content (AvgIpc) is 2.96. The van der Waals surface area contributed by atoms with Crippen molar-refractivity contribution in [3.8, 4) is 5.75 Å². The molecule has 1 amide bonds. The molecule has 110 valence electrons. The van der Waals surface area contributed by atoms with Crippen LogP contribution in [0.5, 0.6) is 5.75 Å². The van der Waals surface area contributed by atoms with Crippen molar-refractivity contribution in [3.63, 3.8) is 0 Å². The molecule has 21 heavy (non-hydrogen) atoms. The van der Waals surface area contributed by atoms with Crippen LogP contribution in [0.15, 0.2) is 30.5 Å². The van der Waals surface area contributed by atoms with Crippen LogP contribution in [0, 0.1) is 0 Å². The third kappa shape index (κ3) is 2.69. The molecule has 0 spiro atoms. The van der Waals surface area contributed by atoms with E-state index in [-0.39, 0.29) is 6.04 Å². The fraction of sp³-hybridized carbons (Fsp3) is 0.333. The summed E-state index contributed by atoms with van der Waals surface area (Å²) in [5.74, 6) is 0.704. The topological polar surface area (TPSA) is 74.7 Å². The van der Waals surface area contributed by atoms with Gasteiger partial charge in [0, 0.05) is 30.2 Å². The van der Waals surface area contributed by atoms with E-state index in [1.165, 1.54) is 4.90 Å². The Labute approximate surface area is 122 Å². The standard InChI is InChI=1S/C15H17N3O3/c1-21-11-7-12-13(16-8-11)3-2-4-14(12)17-10-5-6-18(9-10)15(19)20/h2-4,7-8,10,17H,5-6,9H2,1H3,(H,19,20). The lowest BCUT2D eigenvalue weighted by Gasteiger charge is -2.16. The van der Waals surface area contributed by atoms with Crippen molar-refractivity contribution in [2.75, 3.05) is 25.5 Å². The first-order valence-corrected chi connectivity index (χ1v) is 6.84. The van der Waals surface area contributed by atoms with Crippen molar-refractivity contribution < 1.29 is 14.6 Å². The monoisotopic (exact) mass is 287 g/mol. The predicted octanol–water partition coefficient (Wildman–Crippen LogP) is 2.41. The molecule has 1 atom stereocenters. The van der Waals surface area contributed by atoms with Crippen LogP contribution in [0.3, 0.4) is 0 Å². The minimum atomic E-state index is -0.861. The lowest BCUT2D eigenvalue weighted by Crippen LogP contribution is -2.30. The summed E-state index contributed by atoms with van der Waals surface area (Å²) in [4.78, 5) is 16.8. The summed E-state index contributed by atoms with van der Waals surface area (Å²) in [5.41, 5.74) is 1.84. The minimum Gasteiger partial charge on any atom is -0.495 e. The molecule has 1 unspecified atom stereocenters. The van der Waals surface area contributed by atoms with E-state index < -0.39 is 6.09 Å². The zero-order chi connectivity index (χ0) is 14.8. The Bertz CT molecular complexity index is 674. The Kier molecular flexibility index (Phi) is 3.51. The molecule has 1 saturated heterocycles. The van der Waals surface area contributed by atoms with E-state index in [1.807, 2.05) is 24.3 Å². The number of carboxylic acid groups (broad SMARTS) is 1. The van der Waals surface area contributed by atoms with Gasteiger partial charge in [0.25, 0.3) is 0 Å². The molecule has 2 aromatic rings. The molecule has 1 aromatic carbocycles. The van der Waals surface area contributed by atoms with Gasteiger partial charge in [0.2, 0.25) is 0 Å². The number of aromatic nitrogens is 1. The van der Waals surface area contributed by atoms with Crippen LogP contribution in [-0.2, 0) is 0 Å². The zero-order valence-corrected chi connectivity index (χ0v) is 11.7. The van der Waals surface area contributed by atoms with Crippen LogP contribution >= 0.6 is 0 Å². The Morgan fingerprint density at radius 3 is 3.10 bits per heavy atom. The highest BCUT2D eigenvalue weighted by Gasteiger charge is 2.25. The summed E-state index contributed by atoms with van der Waals surface area (Å²) in [5, 5.41) is 13.4. The number of fused-ring (bicyclic) bond motifs is 1. The number of hydrogen-bond acceptors (Lipinski definition) is 4. The summed E-state index contributed by atoms with van der Waals surface area (Å²) >= 11 is 0. The molecular weight excluding hydrogens is 270 g/mol. The van der Waals surface area contributed by atoms with Gasteiger partial charge in [-0.1, -0.05) is 6.07 Å². The van der Waals surface area contributed by atoms with Crippen LogP contribution in [0.2, 0.25) is 0 Å². The SMILES string of the molecule is COc1cnc2cccc(NC3CCN(C(=O)O)C3)c2c1. The fourth-order valence-corrected chi connectivity index (χ4v) is 2.64. The quantitative estimate of drug-likeness (QED) is 0.906. The number of likely N-dealkylation sites (tertiary alicyclic amines) is 1. The molecule has 0 radical (unpaired) electrons. The highest BCUT2D eigenvalue weighted by molar-refractivity contribution is 5.92. The maximum absolute atomic E-state index is 11.0. The maximum atomic E-state index is 11.0. The highest BCUT2D eigenvalue weighted by Crippen LogP contribution is 2.27. The van der Waals surface area contributed by atoms with Gasteiger partial charge in [-0.05, 0) is 24.6 Å². The first-order chi connectivity index (χ1) is 10.2. The molecule has 0 bridgehead atoms. The lowest BCUT2D eigenvalue weighted by atomic mass is 10.1. The molecule has 3 rings (SSSR count). The van der Waals surface area contributed by atoms with E-state index in [2.05, 4.69) is 10.3 Å². The number of nitrogens with zero attached hydrogens (tertiary/aromatic N) is 2. The molecule has 0 saturated carbocycles. The normalized spacial score (nSPS) is 18.0. The van der Waals surface area contributed by atoms with Gasteiger partial charge in [0.15, 0.2) is 0 Å². The number of pyridine rings is 1. The Morgan fingerprint density at radius 2 is 2.38 bits per heavy atom. The molecule has 6 nitrogen and oxygen atoms in total. The maximum Gasteiger partial charge on any atom is 0.407 e. The third-order valence-corrected chi connectivity index (χ3v) is 3.75. The number of amides is 1. The van der Waals surface area contributed by atoms with Gasteiger partial charge in [-0.15, -0.1) is 0 Å². The van der Waals surface area contributed by atoms with Crippen LogP contribution < -0.4 is 10.1 Å². The van der Waals surface area contributed by atoms with Crippen molar-refractivity contribution >= 4 is 22.7 Å². The lowest BCUT2D eigenvalue weighted by molar-refractivity contribution is 0.155. The van der Waals surface area contributed by atoms with Crippen LogP contribution in [0.1, 0.15) is 6.42 Å². The molecule has 0 aliphatic carbocycles. The third-order valence-electron chi connectivity index (χ3n) is 3.75. The molecular formula is C15H17N3O3. The van der Waals surface area contributed by atoms with E-state index in [0.29, 0.717) is 18.8 Å². The Morgan fingerprint density at radius 1 is 1.52 bits per heavy atom. The first-order valence-electron chi connectivity index (χ1n) is 6.84. The molecule has 1 aromatic heterocycles. The van der Waals surface area contributed by atoms with Crippen molar-refractivity contribution in [2.24, 2.45) is 0 Å². The molecule has 2 heterocycles. The van der Waals surface area contributed by atoms with E-state index >= 15 is 0 Å². The van der Waals surface area contributed by atoms with E-state index in [4.69, 9.17) is 9.84 Å².